The second-order valence-electron chi connectivity index (χ2n) is 9.75. The van der Waals surface area contributed by atoms with Crippen LogP contribution in [0.3, 0.4) is 0 Å². The van der Waals surface area contributed by atoms with Crippen molar-refractivity contribution in [1.82, 2.24) is 9.88 Å². The lowest BCUT2D eigenvalue weighted by Gasteiger charge is -2.40. The monoisotopic (exact) mass is 510 g/mol. The van der Waals surface area contributed by atoms with Gasteiger partial charge in [0.1, 0.15) is 6.10 Å². The third-order valence-corrected chi connectivity index (χ3v) is 9.85. The van der Waals surface area contributed by atoms with E-state index in [2.05, 4.69) is 4.98 Å². The van der Waals surface area contributed by atoms with E-state index < -0.39 is 26.3 Å². The van der Waals surface area contributed by atoms with Gasteiger partial charge >= 0.3 is 6.18 Å². The van der Waals surface area contributed by atoms with Gasteiger partial charge in [-0.25, -0.2) is 13.4 Å². The number of sulfone groups is 1. The fraction of sp³-hybridized carbons (Fsp3) is 0.520. The van der Waals surface area contributed by atoms with Crippen LogP contribution < -0.4 is 4.74 Å². The van der Waals surface area contributed by atoms with Crippen molar-refractivity contribution < 1.29 is 31.1 Å². The number of carbonyl (C=O) groups excluding carboxylic acids is 1. The van der Waals surface area contributed by atoms with Gasteiger partial charge in [-0.1, -0.05) is 6.07 Å². The van der Waals surface area contributed by atoms with Crippen LogP contribution in [0.1, 0.15) is 61.9 Å². The smallest absolute Gasteiger partial charge is 0.416 e. The number of nitrogens with zero attached hydrogens (tertiary/aromatic N) is 2. The van der Waals surface area contributed by atoms with Crippen molar-refractivity contribution in [2.45, 2.75) is 67.9 Å². The quantitative estimate of drug-likeness (QED) is 0.538. The first kappa shape index (κ1) is 25.5. The summed E-state index contributed by atoms with van der Waals surface area (Å²) in [6, 6.07) is 7.23. The van der Waals surface area contributed by atoms with E-state index in [0.717, 1.165) is 31.4 Å². The fourth-order valence-corrected chi connectivity index (χ4v) is 6.38. The van der Waals surface area contributed by atoms with Crippen molar-refractivity contribution >= 4 is 15.7 Å². The minimum atomic E-state index is -4.63. The fourth-order valence-electron chi connectivity index (χ4n) is 4.56. The summed E-state index contributed by atoms with van der Waals surface area (Å²) in [6.45, 7) is 3.81. The number of aromatic nitrogens is 1. The number of piperidine rings is 1. The van der Waals surface area contributed by atoms with Crippen LogP contribution in [0.5, 0.6) is 5.88 Å². The highest BCUT2D eigenvalue weighted by Crippen LogP contribution is 2.39. The molecule has 2 aromatic rings. The summed E-state index contributed by atoms with van der Waals surface area (Å²) in [4.78, 5) is 18.5. The number of benzene rings is 1. The maximum absolute atomic E-state index is 13.3. The van der Waals surface area contributed by atoms with Gasteiger partial charge in [0.05, 0.1) is 20.8 Å². The zero-order valence-electron chi connectivity index (χ0n) is 19.7. The van der Waals surface area contributed by atoms with Crippen molar-refractivity contribution in [1.29, 1.82) is 0 Å². The molecule has 0 N–H and O–H groups in total. The number of hydrogen-bond donors (Lipinski definition) is 0. The molecule has 1 saturated carbocycles. The van der Waals surface area contributed by atoms with Crippen molar-refractivity contribution in [2.24, 2.45) is 5.92 Å². The molecule has 2 aliphatic rings. The Balaban J connectivity index is 1.41. The van der Waals surface area contributed by atoms with Gasteiger partial charge in [-0.15, -0.1) is 0 Å². The van der Waals surface area contributed by atoms with Crippen LogP contribution in [0.15, 0.2) is 47.5 Å². The minimum Gasteiger partial charge on any atom is -0.474 e. The van der Waals surface area contributed by atoms with E-state index in [1.165, 1.54) is 12.3 Å². The third-order valence-electron chi connectivity index (χ3n) is 7.25. The van der Waals surface area contributed by atoms with Crippen molar-refractivity contribution in [3.8, 4) is 5.88 Å². The maximum atomic E-state index is 13.3. The molecule has 190 valence electrons. The molecular formula is C25H29F3N2O4S. The summed E-state index contributed by atoms with van der Waals surface area (Å²) < 4.78 is 70.5. The number of hydrogen-bond acceptors (Lipinski definition) is 5. The van der Waals surface area contributed by atoms with Crippen LogP contribution >= 0.6 is 0 Å². The van der Waals surface area contributed by atoms with Crippen LogP contribution in [0.25, 0.3) is 0 Å². The molecule has 1 aliphatic heterocycles. The van der Waals surface area contributed by atoms with E-state index in [-0.39, 0.29) is 22.8 Å². The summed E-state index contributed by atoms with van der Waals surface area (Å²) in [7, 11) is -4.05. The molecule has 0 spiro atoms. The van der Waals surface area contributed by atoms with Crippen molar-refractivity contribution in [3.63, 3.8) is 0 Å². The molecule has 35 heavy (non-hydrogen) atoms. The zero-order chi connectivity index (χ0) is 25.4. The molecule has 2 heterocycles. The number of carbonyl (C=O) groups is 1. The highest BCUT2D eigenvalue weighted by molar-refractivity contribution is 7.92. The molecule has 0 bridgehead atoms. The first-order valence-corrected chi connectivity index (χ1v) is 13.2. The highest BCUT2D eigenvalue weighted by Gasteiger charge is 2.45. The van der Waals surface area contributed by atoms with Gasteiger partial charge in [0.2, 0.25) is 5.88 Å². The highest BCUT2D eigenvalue weighted by atomic mass is 32.2. The van der Waals surface area contributed by atoms with E-state index in [4.69, 9.17) is 4.74 Å². The summed E-state index contributed by atoms with van der Waals surface area (Å²) in [5, 5.41) is 0. The molecule has 1 aromatic carbocycles. The topological polar surface area (TPSA) is 76.6 Å². The van der Waals surface area contributed by atoms with Gasteiger partial charge < -0.3 is 9.64 Å². The number of pyridine rings is 1. The molecule has 10 heteroatoms. The molecule has 0 atom stereocenters. The minimum absolute atomic E-state index is 0.190. The first-order valence-electron chi connectivity index (χ1n) is 11.7. The molecule has 1 aromatic heterocycles. The molecule has 0 unspecified atom stereocenters. The number of ether oxygens (including phenoxy) is 1. The van der Waals surface area contributed by atoms with Gasteiger partial charge in [-0.2, -0.15) is 13.2 Å². The third kappa shape index (κ3) is 5.17. The molecule has 1 aliphatic carbocycles. The lowest BCUT2D eigenvalue weighted by molar-refractivity contribution is -0.137. The molecule has 1 saturated heterocycles. The number of alkyl halides is 3. The van der Waals surface area contributed by atoms with Gasteiger partial charge in [-0.05, 0) is 76.1 Å². The number of rotatable bonds is 6. The maximum Gasteiger partial charge on any atom is 0.416 e. The van der Waals surface area contributed by atoms with Gasteiger partial charge in [0, 0.05) is 25.4 Å². The van der Waals surface area contributed by atoms with E-state index in [1.807, 2.05) is 0 Å². The number of likely N-dealkylation sites (tertiary alicyclic amines) is 1. The van der Waals surface area contributed by atoms with Gasteiger partial charge in [0.25, 0.3) is 5.91 Å². The Labute approximate surface area is 203 Å². The standard InChI is InChI=1S/C25H29F3N2O4S/c1-24(2,35(32,33)21-8-3-5-19(15-21)25(26,27)28)18-11-13-30(14-12-18)23(31)17-9-10-22(29-16-17)34-20-6-4-7-20/h3,5,8-10,15-16,18,20H,4,6-7,11-14H2,1-2H3. The van der Waals surface area contributed by atoms with Crippen molar-refractivity contribution in [3.05, 3.63) is 53.7 Å². The van der Waals surface area contributed by atoms with Crippen LogP contribution in [0.2, 0.25) is 0 Å². The van der Waals surface area contributed by atoms with Gasteiger partial charge in [-0.3, -0.25) is 4.79 Å². The second-order valence-corrected chi connectivity index (χ2v) is 12.3. The Kier molecular flexibility index (Phi) is 6.87. The normalized spacial score (nSPS) is 18.3. The SMILES string of the molecule is CC(C)(C1CCN(C(=O)c2ccc(OC3CCC3)nc2)CC1)S(=O)(=O)c1cccc(C(F)(F)F)c1. The van der Waals surface area contributed by atoms with Gasteiger partial charge in [0.15, 0.2) is 9.84 Å². The van der Waals surface area contributed by atoms with Crippen molar-refractivity contribution in [2.75, 3.05) is 13.1 Å². The summed E-state index contributed by atoms with van der Waals surface area (Å²) in [5.41, 5.74) is -0.562. The number of halogens is 3. The Morgan fingerprint density at radius 1 is 1.06 bits per heavy atom. The summed E-state index contributed by atoms with van der Waals surface area (Å²) in [5.74, 6) is -0.0151. The predicted octanol–water partition coefficient (Wildman–Crippen LogP) is 5.14. The molecule has 2 fully saturated rings. The lowest BCUT2D eigenvalue weighted by atomic mass is 9.85. The first-order chi connectivity index (χ1) is 16.4. The number of amides is 1. The molecule has 4 rings (SSSR count). The molecule has 1 amide bonds. The van der Waals surface area contributed by atoms with E-state index in [1.54, 1.807) is 30.9 Å². The molecular weight excluding hydrogens is 481 g/mol. The van der Waals surface area contributed by atoms with Crippen LogP contribution in [0, 0.1) is 5.92 Å². The van der Waals surface area contributed by atoms with Crippen LogP contribution in [-0.4, -0.2) is 48.1 Å². The average Bonchev–Trinajstić information content (AvgIpc) is 2.81. The predicted molar refractivity (Wildman–Crippen MR) is 124 cm³/mol. The largest absolute Gasteiger partial charge is 0.474 e. The van der Waals surface area contributed by atoms with Crippen LogP contribution in [-0.2, 0) is 16.0 Å². The van der Waals surface area contributed by atoms with E-state index in [9.17, 15) is 26.4 Å². The Bertz CT molecular complexity index is 1170. The van der Waals surface area contributed by atoms with E-state index >= 15 is 0 Å². The Morgan fingerprint density at radius 2 is 1.74 bits per heavy atom. The van der Waals surface area contributed by atoms with Crippen LogP contribution in [0.4, 0.5) is 13.2 Å². The summed E-state index contributed by atoms with van der Waals surface area (Å²) in [6.07, 6.45) is 1.07. The lowest BCUT2D eigenvalue weighted by Crippen LogP contribution is -2.47. The second kappa shape index (κ2) is 9.44. The average molecular weight is 511 g/mol. The zero-order valence-corrected chi connectivity index (χ0v) is 20.5. The Hall–Kier alpha value is -2.62. The Morgan fingerprint density at radius 3 is 2.29 bits per heavy atom. The summed E-state index contributed by atoms with van der Waals surface area (Å²) >= 11 is 0. The van der Waals surface area contributed by atoms with E-state index in [0.29, 0.717) is 43.4 Å². The molecule has 6 nitrogen and oxygen atoms in total. The molecule has 0 radical (unpaired) electrons.